The summed E-state index contributed by atoms with van der Waals surface area (Å²) in [7, 11) is 0. The van der Waals surface area contributed by atoms with Gasteiger partial charge in [-0.1, -0.05) is 44.2 Å². The summed E-state index contributed by atoms with van der Waals surface area (Å²) >= 11 is 0. The molecule has 3 heteroatoms. The minimum absolute atomic E-state index is 0.0256. The molecular weight excluding hydrogens is 212 g/mol. The van der Waals surface area contributed by atoms with Gasteiger partial charge in [0.15, 0.2) is 5.78 Å². The molecule has 0 bridgehead atoms. The third kappa shape index (κ3) is 3.69. The van der Waals surface area contributed by atoms with Crippen LogP contribution in [0.25, 0.3) is 0 Å². The Hall–Kier alpha value is -1.66. The number of nitriles is 1. The summed E-state index contributed by atoms with van der Waals surface area (Å²) in [6.45, 7) is 6.03. The lowest BCUT2D eigenvalue weighted by atomic mass is 9.96. The van der Waals surface area contributed by atoms with Crippen molar-refractivity contribution in [1.82, 2.24) is 4.90 Å². The third-order valence-corrected chi connectivity index (χ3v) is 2.86. The van der Waals surface area contributed by atoms with Crippen molar-refractivity contribution in [3.63, 3.8) is 0 Å². The van der Waals surface area contributed by atoms with Crippen LogP contribution in [0.5, 0.6) is 0 Å². The van der Waals surface area contributed by atoms with E-state index in [0.717, 1.165) is 18.7 Å². The van der Waals surface area contributed by atoms with Crippen molar-refractivity contribution < 1.29 is 4.79 Å². The van der Waals surface area contributed by atoms with E-state index in [-0.39, 0.29) is 5.78 Å². The van der Waals surface area contributed by atoms with E-state index in [2.05, 4.69) is 6.07 Å². The largest absolute Gasteiger partial charge is 0.297 e. The smallest absolute Gasteiger partial charge is 0.168 e. The SMILES string of the molecule is CCN(CC)CC(=O)[C@@H](C#N)c1ccccc1. The molecule has 1 aromatic carbocycles. The molecule has 0 aliphatic carbocycles. The number of rotatable bonds is 6. The van der Waals surface area contributed by atoms with Crippen molar-refractivity contribution in [1.29, 1.82) is 5.26 Å². The summed E-state index contributed by atoms with van der Waals surface area (Å²) in [5.74, 6) is -0.667. The molecule has 90 valence electrons. The van der Waals surface area contributed by atoms with E-state index < -0.39 is 5.92 Å². The standard InChI is InChI=1S/C14H18N2O/c1-3-16(4-2)11-14(17)13(10-15)12-8-6-5-7-9-12/h5-9,13H,3-4,11H2,1-2H3/t13-/m0/s1. The monoisotopic (exact) mass is 230 g/mol. The first kappa shape index (κ1) is 13.4. The number of nitrogens with zero attached hydrogens (tertiary/aromatic N) is 2. The summed E-state index contributed by atoms with van der Waals surface area (Å²) in [6, 6.07) is 11.3. The van der Waals surface area contributed by atoms with Crippen LogP contribution in [0, 0.1) is 11.3 Å². The van der Waals surface area contributed by atoms with E-state index in [9.17, 15) is 4.79 Å². The normalized spacial score (nSPS) is 12.1. The lowest BCUT2D eigenvalue weighted by Crippen LogP contribution is -2.32. The molecule has 0 saturated heterocycles. The molecule has 0 amide bonds. The molecule has 0 aliphatic heterocycles. The van der Waals surface area contributed by atoms with Gasteiger partial charge < -0.3 is 0 Å². The first-order chi connectivity index (χ1) is 8.22. The average Bonchev–Trinajstić information content (AvgIpc) is 2.38. The Bertz CT molecular complexity index is 390. The summed E-state index contributed by atoms with van der Waals surface area (Å²) in [4.78, 5) is 14.1. The quantitative estimate of drug-likeness (QED) is 0.752. The van der Waals surface area contributed by atoms with Crippen LogP contribution in [0.1, 0.15) is 25.3 Å². The van der Waals surface area contributed by atoms with Crippen LogP contribution in [0.3, 0.4) is 0 Å². The van der Waals surface area contributed by atoms with Gasteiger partial charge in [0.2, 0.25) is 0 Å². The minimum Gasteiger partial charge on any atom is -0.297 e. The predicted octanol–water partition coefficient (Wildman–Crippen LogP) is 2.20. The summed E-state index contributed by atoms with van der Waals surface area (Å²) < 4.78 is 0. The Balaban J connectivity index is 2.76. The number of benzene rings is 1. The molecule has 0 saturated carbocycles. The van der Waals surface area contributed by atoms with Crippen LogP contribution in [0.4, 0.5) is 0 Å². The van der Waals surface area contributed by atoms with Crippen LogP contribution < -0.4 is 0 Å². The Labute approximate surface area is 103 Å². The van der Waals surface area contributed by atoms with Gasteiger partial charge in [0.05, 0.1) is 12.6 Å². The second-order valence-corrected chi connectivity index (χ2v) is 3.90. The zero-order valence-electron chi connectivity index (χ0n) is 10.4. The van der Waals surface area contributed by atoms with Crippen molar-refractivity contribution in [2.45, 2.75) is 19.8 Å². The lowest BCUT2D eigenvalue weighted by Gasteiger charge is -2.18. The molecule has 0 unspecified atom stereocenters. The second-order valence-electron chi connectivity index (χ2n) is 3.90. The highest BCUT2D eigenvalue weighted by Gasteiger charge is 2.21. The van der Waals surface area contributed by atoms with Crippen molar-refractivity contribution in [3.8, 4) is 6.07 Å². The van der Waals surface area contributed by atoms with Gasteiger partial charge >= 0.3 is 0 Å². The fraction of sp³-hybridized carbons (Fsp3) is 0.429. The van der Waals surface area contributed by atoms with Crippen LogP contribution >= 0.6 is 0 Å². The topological polar surface area (TPSA) is 44.1 Å². The maximum absolute atomic E-state index is 12.0. The highest BCUT2D eigenvalue weighted by Crippen LogP contribution is 2.16. The van der Waals surface area contributed by atoms with E-state index in [0.29, 0.717) is 6.54 Å². The Morgan fingerprint density at radius 2 is 1.88 bits per heavy atom. The molecule has 0 radical (unpaired) electrons. The molecule has 1 rings (SSSR count). The van der Waals surface area contributed by atoms with Crippen LogP contribution in [0.15, 0.2) is 30.3 Å². The number of carbonyl (C=O) groups is 1. The van der Waals surface area contributed by atoms with Gasteiger partial charge in [0.25, 0.3) is 0 Å². The van der Waals surface area contributed by atoms with Gasteiger partial charge in [0.1, 0.15) is 5.92 Å². The van der Waals surface area contributed by atoms with Crippen LogP contribution in [-0.2, 0) is 4.79 Å². The first-order valence-electron chi connectivity index (χ1n) is 5.92. The maximum atomic E-state index is 12.0. The van der Waals surface area contributed by atoms with E-state index >= 15 is 0 Å². The van der Waals surface area contributed by atoms with E-state index in [1.54, 1.807) is 0 Å². The van der Waals surface area contributed by atoms with Gasteiger partial charge in [-0.15, -0.1) is 0 Å². The fourth-order valence-corrected chi connectivity index (χ4v) is 1.74. The number of likely N-dealkylation sites (N-methyl/N-ethyl adjacent to an activating group) is 1. The van der Waals surface area contributed by atoms with E-state index in [4.69, 9.17) is 5.26 Å². The number of Topliss-reactive ketones (excluding diaryl/α,β-unsaturated/α-hetero) is 1. The first-order valence-corrected chi connectivity index (χ1v) is 5.92. The highest BCUT2D eigenvalue weighted by atomic mass is 16.1. The van der Waals surface area contributed by atoms with Gasteiger partial charge in [-0.05, 0) is 18.7 Å². The maximum Gasteiger partial charge on any atom is 0.168 e. The van der Waals surface area contributed by atoms with Gasteiger partial charge in [0, 0.05) is 0 Å². The Morgan fingerprint density at radius 1 is 1.29 bits per heavy atom. The van der Waals surface area contributed by atoms with Gasteiger partial charge in [-0.2, -0.15) is 5.26 Å². The summed E-state index contributed by atoms with van der Waals surface area (Å²) in [5, 5.41) is 9.12. The van der Waals surface area contributed by atoms with E-state index in [1.165, 1.54) is 0 Å². The average molecular weight is 230 g/mol. The molecule has 0 fully saturated rings. The second kappa shape index (κ2) is 6.82. The molecule has 0 aromatic heterocycles. The summed E-state index contributed by atoms with van der Waals surface area (Å²) in [6.07, 6.45) is 0. The molecule has 0 spiro atoms. The van der Waals surface area contributed by atoms with Crippen LogP contribution in [0.2, 0.25) is 0 Å². The summed E-state index contributed by atoms with van der Waals surface area (Å²) in [5.41, 5.74) is 0.784. The Kier molecular flexibility index (Phi) is 5.38. The molecule has 17 heavy (non-hydrogen) atoms. The number of ketones is 1. The predicted molar refractivity (Wildman–Crippen MR) is 67.6 cm³/mol. The molecule has 1 atom stereocenters. The van der Waals surface area contributed by atoms with Crippen LogP contribution in [-0.4, -0.2) is 30.3 Å². The van der Waals surface area contributed by atoms with Crippen molar-refractivity contribution >= 4 is 5.78 Å². The van der Waals surface area contributed by atoms with Crippen molar-refractivity contribution in [2.24, 2.45) is 0 Å². The molecule has 0 heterocycles. The zero-order valence-corrected chi connectivity index (χ0v) is 10.4. The number of carbonyl (C=O) groups excluding carboxylic acids is 1. The molecule has 0 N–H and O–H groups in total. The number of hydrogen-bond donors (Lipinski definition) is 0. The van der Waals surface area contributed by atoms with Gasteiger partial charge in [-0.25, -0.2) is 0 Å². The highest BCUT2D eigenvalue weighted by molar-refractivity contribution is 5.90. The molecule has 0 aliphatic rings. The fourth-order valence-electron chi connectivity index (χ4n) is 1.74. The zero-order chi connectivity index (χ0) is 12.7. The molecule has 1 aromatic rings. The Morgan fingerprint density at radius 3 is 2.35 bits per heavy atom. The molecular formula is C14H18N2O. The lowest BCUT2D eigenvalue weighted by molar-refractivity contribution is -0.120. The molecule has 3 nitrogen and oxygen atoms in total. The minimum atomic E-state index is -0.642. The third-order valence-electron chi connectivity index (χ3n) is 2.86. The van der Waals surface area contributed by atoms with Crippen molar-refractivity contribution in [3.05, 3.63) is 35.9 Å². The number of hydrogen-bond acceptors (Lipinski definition) is 3. The van der Waals surface area contributed by atoms with E-state index in [1.807, 2.05) is 49.1 Å². The van der Waals surface area contributed by atoms with Gasteiger partial charge in [-0.3, -0.25) is 9.69 Å². The van der Waals surface area contributed by atoms with Crippen molar-refractivity contribution in [2.75, 3.05) is 19.6 Å².